The van der Waals surface area contributed by atoms with Gasteiger partial charge in [-0.25, -0.2) is 12.8 Å². The molecule has 0 aromatic heterocycles. The minimum Gasteiger partial charge on any atom is -0.398 e. The second-order valence-electron chi connectivity index (χ2n) is 2.58. The van der Waals surface area contributed by atoms with Crippen LogP contribution in [-0.4, -0.2) is 14.7 Å². The molecule has 6 heteroatoms. The van der Waals surface area contributed by atoms with Gasteiger partial charge in [0.2, 0.25) is 0 Å². The van der Waals surface area contributed by atoms with Crippen molar-refractivity contribution in [2.24, 2.45) is 0 Å². The van der Waals surface area contributed by atoms with E-state index in [0.29, 0.717) is 4.47 Å². The van der Waals surface area contributed by atoms with Crippen LogP contribution in [0, 0.1) is 5.82 Å². The van der Waals surface area contributed by atoms with E-state index in [0.717, 1.165) is 18.4 Å². The highest BCUT2D eigenvalue weighted by Gasteiger charge is 2.15. The molecule has 0 amide bonds. The van der Waals surface area contributed by atoms with Crippen LogP contribution in [0.25, 0.3) is 0 Å². The molecule has 0 unspecified atom stereocenters. The second-order valence-corrected chi connectivity index (χ2v) is 5.41. The zero-order chi connectivity index (χ0) is 10.2. The van der Waals surface area contributed by atoms with Crippen molar-refractivity contribution in [3.05, 3.63) is 22.4 Å². The SMILES string of the molecule is CS(=O)(=O)c1cc(N)c(Br)cc1F. The third-order valence-electron chi connectivity index (χ3n) is 1.45. The molecule has 1 aromatic carbocycles. The first-order valence-electron chi connectivity index (χ1n) is 3.27. The summed E-state index contributed by atoms with van der Waals surface area (Å²) in [5, 5.41) is 0. The van der Waals surface area contributed by atoms with Crippen LogP contribution in [-0.2, 0) is 9.84 Å². The van der Waals surface area contributed by atoms with Crippen molar-refractivity contribution in [3.8, 4) is 0 Å². The number of rotatable bonds is 1. The Bertz CT molecular complexity index is 444. The summed E-state index contributed by atoms with van der Waals surface area (Å²) in [6.07, 6.45) is 0.929. The minimum atomic E-state index is -3.55. The van der Waals surface area contributed by atoms with Crippen molar-refractivity contribution < 1.29 is 12.8 Å². The number of benzene rings is 1. The molecule has 0 saturated carbocycles. The normalized spacial score (nSPS) is 11.6. The van der Waals surface area contributed by atoms with Gasteiger partial charge in [0.25, 0.3) is 0 Å². The maximum absolute atomic E-state index is 13.1. The summed E-state index contributed by atoms with van der Waals surface area (Å²) in [6.45, 7) is 0. The first-order valence-corrected chi connectivity index (χ1v) is 5.95. The molecule has 0 saturated heterocycles. The third kappa shape index (κ3) is 2.19. The Morgan fingerprint density at radius 2 is 2.00 bits per heavy atom. The van der Waals surface area contributed by atoms with Gasteiger partial charge >= 0.3 is 0 Å². The van der Waals surface area contributed by atoms with E-state index in [-0.39, 0.29) is 10.6 Å². The molecule has 0 radical (unpaired) electrons. The zero-order valence-electron chi connectivity index (χ0n) is 6.71. The Morgan fingerprint density at radius 3 is 2.46 bits per heavy atom. The maximum Gasteiger partial charge on any atom is 0.178 e. The molecule has 0 aliphatic rings. The van der Waals surface area contributed by atoms with Gasteiger partial charge in [0.1, 0.15) is 10.7 Å². The van der Waals surface area contributed by atoms with Gasteiger partial charge in [-0.15, -0.1) is 0 Å². The molecule has 0 aliphatic heterocycles. The Morgan fingerprint density at radius 1 is 1.46 bits per heavy atom. The molecule has 72 valence electrons. The second kappa shape index (κ2) is 3.26. The summed E-state index contributed by atoms with van der Waals surface area (Å²) >= 11 is 2.99. The first kappa shape index (κ1) is 10.5. The molecule has 0 aliphatic carbocycles. The highest BCUT2D eigenvalue weighted by molar-refractivity contribution is 9.10. The van der Waals surface area contributed by atoms with Gasteiger partial charge in [0, 0.05) is 16.4 Å². The van der Waals surface area contributed by atoms with Crippen molar-refractivity contribution in [2.75, 3.05) is 12.0 Å². The number of nitrogens with two attached hydrogens (primary N) is 1. The quantitative estimate of drug-likeness (QED) is 0.786. The predicted molar refractivity (Wildman–Crippen MR) is 51.6 cm³/mol. The molecule has 0 spiro atoms. The monoisotopic (exact) mass is 267 g/mol. The van der Waals surface area contributed by atoms with Crippen LogP contribution in [0.1, 0.15) is 0 Å². The lowest BCUT2D eigenvalue weighted by Gasteiger charge is -2.03. The van der Waals surface area contributed by atoms with E-state index in [9.17, 15) is 12.8 Å². The van der Waals surface area contributed by atoms with Crippen LogP contribution in [0.3, 0.4) is 0 Å². The van der Waals surface area contributed by atoms with Gasteiger partial charge < -0.3 is 5.73 Å². The molecular formula is C7H7BrFNO2S. The lowest BCUT2D eigenvalue weighted by molar-refractivity contribution is 0.570. The average Bonchev–Trinajstić information content (AvgIpc) is 1.94. The number of hydrogen-bond donors (Lipinski definition) is 1. The molecule has 0 heterocycles. The van der Waals surface area contributed by atoms with Crippen molar-refractivity contribution in [2.45, 2.75) is 4.90 Å². The van der Waals surface area contributed by atoms with E-state index in [4.69, 9.17) is 5.73 Å². The summed E-state index contributed by atoms with van der Waals surface area (Å²) in [5.74, 6) is -0.802. The lowest BCUT2D eigenvalue weighted by atomic mass is 10.3. The summed E-state index contributed by atoms with van der Waals surface area (Å²) < 4.78 is 35.4. The summed E-state index contributed by atoms with van der Waals surface area (Å²) in [4.78, 5) is -0.381. The molecule has 3 nitrogen and oxygen atoms in total. The van der Waals surface area contributed by atoms with E-state index in [1.807, 2.05) is 0 Å². The van der Waals surface area contributed by atoms with Crippen molar-refractivity contribution in [3.63, 3.8) is 0 Å². The number of hydrogen-bond acceptors (Lipinski definition) is 3. The van der Waals surface area contributed by atoms with Crippen LogP contribution in [0.15, 0.2) is 21.5 Å². The molecule has 1 aromatic rings. The highest BCUT2D eigenvalue weighted by atomic mass is 79.9. The van der Waals surface area contributed by atoms with Crippen molar-refractivity contribution >= 4 is 31.5 Å². The fraction of sp³-hybridized carbons (Fsp3) is 0.143. The molecule has 0 bridgehead atoms. The minimum absolute atomic E-state index is 0.196. The number of anilines is 1. The largest absolute Gasteiger partial charge is 0.398 e. The molecule has 0 fully saturated rings. The first-order chi connectivity index (χ1) is 5.82. The van der Waals surface area contributed by atoms with E-state index in [2.05, 4.69) is 15.9 Å². The standard InChI is InChI=1S/C7H7BrFNO2S/c1-13(11,12)7-3-6(10)4(8)2-5(7)9/h2-3H,10H2,1H3. The third-order valence-corrected chi connectivity index (χ3v) is 3.25. The molecule has 2 N–H and O–H groups in total. The van der Waals surface area contributed by atoms with E-state index in [1.54, 1.807) is 0 Å². The van der Waals surface area contributed by atoms with Gasteiger partial charge in [0.15, 0.2) is 9.84 Å². The van der Waals surface area contributed by atoms with Gasteiger partial charge in [-0.3, -0.25) is 0 Å². The van der Waals surface area contributed by atoms with Crippen LogP contribution >= 0.6 is 15.9 Å². The van der Waals surface area contributed by atoms with Crippen molar-refractivity contribution in [1.82, 2.24) is 0 Å². The van der Waals surface area contributed by atoms with Gasteiger partial charge in [-0.05, 0) is 28.1 Å². The zero-order valence-corrected chi connectivity index (χ0v) is 9.12. The van der Waals surface area contributed by atoms with E-state index in [1.165, 1.54) is 0 Å². The maximum atomic E-state index is 13.1. The lowest BCUT2D eigenvalue weighted by Crippen LogP contribution is -2.02. The Hall–Kier alpha value is -0.620. The number of halogens is 2. The Balaban J connectivity index is 3.50. The molecule has 13 heavy (non-hydrogen) atoms. The van der Waals surface area contributed by atoms with Crippen LogP contribution in [0.4, 0.5) is 10.1 Å². The number of nitrogen functional groups attached to an aromatic ring is 1. The number of sulfone groups is 1. The molecular weight excluding hydrogens is 261 g/mol. The van der Waals surface area contributed by atoms with E-state index >= 15 is 0 Å². The summed E-state index contributed by atoms with van der Waals surface area (Å²) in [5.41, 5.74) is 5.60. The fourth-order valence-corrected chi connectivity index (χ4v) is 1.90. The smallest absolute Gasteiger partial charge is 0.178 e. The highest BCUT2D eigenvalue weighted by Crippen LogP contribution is 2.25. The van der Waals surface area contributed by atoms with Gasteiger partial charge in [0.05, 0.1) is 0 Å². The Labute approximate surface area is 83.8 Å². The van der Waals surface area contributed by atoms with Crippen LogP contribution in [0.5, 0.6) is 0 Å². The topological polar surface area (TPSA) is 60.2 Å². The van der Waals surface area contributed by atoms with Gasteiger partial charge in [-0.2, -0.15) is 0 Å². The summed E-state index contributed by atoms with van der Waals surface area (Å²) in [6, 6.07) is 2.13. The predicted octanol–water partition coefficient (Wildman–Crippen LogP) is 1.57. The van der Waals surface area contributed by atoms with Crippen molar-refractivity contribution in [1.29, 1.82) is 0 Å². The van der Waals surface area contributed by atoms with Crippen LogP contribution < -0.4 is 5.73 Å². The van der Waals surface area contributed by atoms with Gasteiger partial charge in [-0.1, -0.05) is 0 Å². The molecule has 1 rings (SSSR count). The fourth-order valence-electron chi connectivity index (χ4n) is 0.829. The Kier molecular flexibility index (Phi) is 2.63. The van der Waals surface area contributed by atoms with E-state index < -0.39 is 15.7 Å². The molecule has 0 atom stereocenters. The average molecular weight is 268 g/mol. The summed E-state index contributed by atoms with van der Waals surface area (Å²) in [7, 11) is -3.55. The van der Waals surface area contributed by atoms with Crippen LogP contribution in [0.2, 0.25) is 0 Å².